The Morgan fingerprint density at radius 3 is 2.44 bits per heavy atom. The minimum Gasteiger partial charge on any atom is -0.467 e. The maximum absolute atomic E-state index is 12.1. The Kier molecular flexibility index (Phi) is 4.93. The number of aliphatic hydroxyl groups is 1. The number of hydrogen-bond donors (Lipinski definition) is 2. The van der Waals surface area contributed by atoms with Crippen molar-refractivity contribution in [1.29, 1.82) is 0 Å². The number of hydrogen-bond acceptors (Lipinski definition) is 4. The van der Waals surface area contributed by atoms with E-state index in [2.05, 4.69) is 36.5 Å². The van der Waals surface area contributed by atoms with Crippen molar-refractivity contribution in [3.63, 3.8) is 0 Å². The zero-order valence-corrected chi connectivity index (χ0v) is 15.3. The Balaban J connectivity index is 2.32. The Hall–Kier alpha value is -2.17. The minimum atomic E-state index is -1.28. The van der Waals surface area contributed by atoms with E-state index in [1.807, 2.05) is 13.8 Å². The van der Waals surface area contributed by atoms with E-state index in [1.165, 1.54) is 23.8 Å². The summed E-state index contributed by atoms with van der Waals surface area (Å²) in [5.41, 5.74) is 8.45. The number of esters is 1. The molecule has 0 amide bonds. The van der Waals surface area contributed by atoms with Gasteiger partial charge in [0.2, 0.25) is 0 Å². The summed E-state index contributed by atoms with van der Waals surface area (Å²) in [7, 11) is 1.30. The van der Waals surface area contributed by atoms with Gasteiger partial charge in [0.15, 0.2) is 6.10 Å². The molecule has 132 valence electrons. The molecule has 0 aromatic heterocycles. The van der Waals surface area contributed by atoms with Gasteiger partial charge in [-0.25, -0.2) is 4.79 Å². The van der Waals surface area contributed by atoms with Gasteiger partial charge in [-0.3, -0.25) is 0 Å². The van der Waals surface area contributed by atoms with Gasteiger partial charge in [0.25, 0.3) is 0 Å². The normalized spacial score (nSPS) is 14.8. The summed E-state index contributed by atoms with van der Waals surface area (Å²) in [6.45, 7) is 7.83. The fourth-order valence-corrected chi connectivity index (χ4v) is 3.82. The molecule has 25 heavy (non-hydrogen) atoms. The number of ether oxygens (including phenoxy) is 1. The molecule has 2 aromatic carbocycles. The van der Waals surface area contributed by atoms with Gasteiger partial charge in [0, 0.05) is 12.1 Å². The standard InChI is InChI=1S/C21H25NO3/c1-12-5-7-15(8-6-12)18-13(2)16-9-10-22-11-17(16)14(3)19(18)20(23)21(24)25-4/h5-8,20,22-23H,9-11H2,1-4H3. The predicted octanol–water partition coefficient (Wildman–Crippen LogP) is 3.13. The SMILES string of the molecule is COC(=O)C(O)c1c(C)c2c(c(C)c1-c1ccc(C)cc1)CCNC2. The number of benzene rings is 2. The second-order valence-corrected chi connectivity index (χ2v) is 6.71. The summed E-state index contributed by atoms with van der Waals surface area (Å²) in [5, 5.41) is 14.1. The molecule has 1 atom stereocenters. The Morgan fingerprint density at radius 2 is 1.80 bits per heavy atom. The molecule has 4 heteroatoms. The lowest BCUT2D eigenvalue weighted by Crippen LogP contribution is -2.27. The van der Waals surface area contributed by atoms with Crippen LogP contribution < -0.4 is 5.32 Å². The highest BCUT2D eigenvalue weighted by molar-refractivity contribution is 5.84. The number of aryl methyl sites for hydroxylation is 1. The van der Waals surface area contributed by atoms with Crippen LogP contribution in [0.5, 0.6) is 0 Å². The van der Waals surface area contributed by atoms with Crippen molar-refractivity contribution >= 4 is 5.97 Å². The lowest BCUT2D eigenvalue weighted by molar-refractivity contribution is -0.150. The van der Waals surface area contributed by atoms with Crippen molar-refractivity contribution in [3.8, 4) is 11.1 Å². The van der Waals surface area contributed by atoms with Crippen molar-refractivity contribution in [1.82, 2.24) is 5.32 Å². The second kappa shape index (κ2) is 6.98. The quantitative estimate of drug-likeness (QED) is 0.844. The summed E-state index contributed by atoms with van der Waals surface area (Å²) >= 11 is 0. The van der Waals surface area contributed by atoms with Crippen LogP contribution in [0, 0.1) is 20.8 Å². The summed E-state index contributed by atoms with van der Waals surface area (Å²) < 4.78 is 4.81. The average molecular weight is 339 g/mol. The Bertz CT molecular complexity index is 809. The third kappa shape index (κ3) is 3.08. The van der Waals surface area contributed by atoms with Gasteiger partial charge in [-0.15, -0.1) is 0 Å². The largest absolute Gasteiger partial charge is 0.467 e. The van der Waals surface area contributed by atoms with Crippen LogP contribution in [0.2, 0.25) is 0 Å². The van der Waals surface area contributed by atoms with E-state index in [0.717, 1.165) is 41.8 Å². The molecule has 2 N–H and O–H groups in total. The molecule has 0 bridgehead atoms. The van der Waals surface area contributed by atoms with Crippen molar-refractivity contribution in [2.75, 3.05) is 13.7 Å². The van der Waals surface area contributed by atoms with Gasteiger partial charge in [-0.2, -0.15) is 0 Å². The van der Waals surface area contributed by atoms with Crippen molar-refractivity contribution < 1.29 is 14.6 Å². The van der Waals surface area contributed by atoms with Gasteiger partial charge in [-0.05, 0) is 67.1 Å². The smallest absolute Gasteiger partial charge is 0.339 e. The molecule has 1 aliphatic rings. The molecule has 1 unspecified atom stereocenters. The highest BCUT2D eigenvalue weighted by Crippen LogP contribution is 2.39. The molecule has 0 aliphatic carbocycles. The van der Waals surface area contributed by atoms with E-state index in [9.17, 15) is 9.90 Å². The Labute approximate surface area is 148 Å². The molecule has 0 saturated carbocycles. The molecular weight excluding hydrogens is 314 g/mol. The molecular formula is C21H25NO3. The number of carbonyl (C=O) groups excluding carboxylic acids is 1. The van der Waals surface area contributed by atoms with Crippen LogP contribution in [0.15, 0.2) is 24.3 Å². The van der Waals surface area contributed by atoms with E-state index in [4.69, 9.17) is 4.74 Å². The molecule has 0 saturated heterocycles. The predicted molar refractivity (Wildman–Crippen MR) is 98.5 cm³/mol. The first-order valence-corrected chi connectivity index (χ1v) is 8.64. The summed E-state index contributed by atoms with van der Waals surface area (Å²) in [6, 6.07) is 8.22. The maximum Gasteiger partial charge on any atom is 0.339 e. The number of aliphatic hydroxyl groups excluding tert-OH is 1. The molecule has 1 aliphatic heterocycles. The van der Waals surface area contributed by atoms with E-state index < -0.39 is 12.1 Å². The van der Waals surface area contributed by atoms with Crippen LogP contribution in [0.3, 0.4) is 0 Å². The van der Waals surface area contributed by atoms with Gasteiger partial charge >= 0.3 is 5.97 Å². The first-order chi connectivity index (χ1) is 12.0. The number of fused-ring (bicyclic) bond motifs is 1. The first kappa shape index (κ1) is 17.6. The van der Waals surface area contributed by atoms with Crippen LogP contribution in [-0.4, -0.2) is 24.7 Å². The Morgan fingerprint density at radius 1 is 1.12 bits per heavy atom. The first-order valence-electron chi connectivity index (χ1n) is 8.64. The van der Waals surface area contributed by atoms with Crippen LogP contribution in [0.1, 0.15) is 39.5 Å². The topological polar surface area (TPSA) is 58.6 Å². The highest BCUT2D eigenvalue weighted by atomic mass is 16.5. The lowest BCUT2D eigenvalue weighted by atomic mass is 9.80. The van der Waals surface area contributed by atoms with E-state index in [0.29, 0.717) is 5.56 Å². The average Bonchev–Trinajstić information content (AvgIpc) is 2.64. The van der Waals surface area contributed by atoms with E-state index in [-0.39, 0.29) is 0 Å². The van der Waals surface area contributed by atoms with Crippen LogP contribution in [0.25, 0.3) is 11.1 Å². The molecule has 2 aromatic rings. The third-order valence-corrected chi connectivity index (χ3v) is 5.21. The van der Waals surface area contributed by atoms with Gasteiger partial charge < -0.3 is 15.2 Å². The maximum atomic E-state index is 12.1. The fourth-order valence-electron chi connectivity index (χ4n) is 3.82. The van der Waals surface area contributed by atoms with Gasteiger partial charge in [0.1, 0.15) is 0 Å². The number of carbonyl (C=O) groups is 1. The number of rotatable bonds is 3. The van der Waals surface area contributed by atoms with Gasteiger partial charge in [-0.1, -0.05) is 29.8 Å². The monoisotopic (exact) mass is 339 g/mol. The van der Waals surface area contributed by atoms with Crippen LogP contribution >= 0.6 is 0 Å². The molecule has 1 heterocycles. The number of methoxy groups -OCH3 is 1. The third-order valence-electron chi connectivity index (χ3n) is 5.21. The summed E-state index contributed by atoms with van der Waals surface area (Å²) in [5.74, 6) is -0.625. The van der Waals surface area contributed by atoms with E-state index in [1.54, 1.807) is 0 Å². The zero-order chi connectivity index (χ0) is 18.1. The van der Waals surface area contributed by atoms with E-state index >= 15 is 0 Å². The van der Waals surface area contributed by atoms with Crippen molar-refractivity contribution in [2.24, 2.45) is 0 Å². The molecule has 3 rings (SSSR count). The van der Waals surface area contributed by atoms with Crippen molar-refractivity contribution in [3.05, 3.63) is 57.6 Å². The number of nitrogens with one attached hydrogen (secondary N) is 1. The molecule has 0 spiro atoms. The highest BCUT2D eigenvalue weighted by Gasteiger charge is 2.29. The second-order valence-electron chi connectivity index (χ2n) is 6.71. The minimum absolute atomic E-state index is 0.625. The molecule has 0 radical (unpaired) electrons. The summed E-state index contributed by atoms with van der Waals surface area (Å²) in [6.07, 6.45) is -0.331. The fraction of sp³-hybridized carbons (Fsp3) is 0.381. The molecule has 0 fully saturated rings. The van der Waals surface area contributed by atoms with Crippen molar-refractivity contribution in [2.45, 2.75) is 39.8 Å². The lowest BCUT2D eigenvalue weighted by Gasteiger charge is -2.28. The van der Waals surface area contributed by atoms with Gasteiger partial charge in [0.05, 0.1) is 7.11 Å². The molecule has 4 nitrogen and oxygen atoms in total. The zero-order valence-electron chi connectivity index (χ0n) is 15.3. The summed E-state index contributed by atoms with van der Waals surface area (Å²) in [4.78, 5) is 12.1. The van der Waals surface area contributed by atoms with Crippen LogP contribution in [-0.2, 0) is 22.5 Å². The van der Waals surface area contributed by atoms with Crippen LogP contribution in [0.4, 0.5) is 0 Å².